The van der Waals surface area contributed by atoms with Gasteiger partial charge in [-0.15, -0.1) is 0 Å². The molecule has 5 heteroatoms. The number of nitrogens with one attached hydrogen (secondary N) is 1. The van der Waals surface area contributed by atoms with Crippen LogP contribution in [-0.2, 0) is 12.8 Å². The summed E-state index contributed by atoms with van der Waals surface area (Å²) in [5, 5.41) is 16.7. The van der Waals surface area contributed by atoms with Crippen molar-refractivity contribution in [1.82, 2.24) is 15.1 Å². The number of nitrogens with zero attached hydrogens (tertiary/aromatic N) is 2. The zero-order valence-electron chi connectivity index (χ0n) is 12.7. The van der Waals surface area contributed by atoms with Crippen LogP contribution in [0.2, 0.25) is 0 Å². The lowest BCUT2D eigenvalue weighted by Gasteiger charge is -2.13. The van der Waals surface area contributed by atoms with Crippen LogP contribution in [-0.4, -0.2) is 33.4 Å². The Morgan fingerprint density at radius 2 is 2.14 bits per heavy atom. The Balaban J connectivity index is 1.95. The maximum Gasteiger partial charge on any atom is 0.272 e. The van der Waals surface area contributed by atoms with E-state index in [2.05, 4.69) is 10.4 Å². The molecule has 0 bridgehead atoms. The van der Waals surface area contributed by atoms with Crippen LogP contribution in [0.4, 0.5) is 0 Å². The highest BCUT2D eigenvalue weighted by atomic mass is 16.3. The van der Waals surface area contributed by atoms with Gasteiger partial charge in [-0.3, -0.25) is 4.79 Å². The Bertz CT molecular complexity index is 660. The first-order chi connectivity index (χ1) is 10.7. The van der Waals surface area contributed by atoms with Gasteiger partial charge in [0.1, 0.15) is 0 Å². The van der Waals surface area contributed by atoms with Gasteiger partial charge < -0.3 is 10.4 Å². The van der Waals surface area contributed by atoms with Crippen LogP contribution < -0.4 is 5.32 Å². The first-order valence-electron chi connectivity index (χ1n) is 7.82. The second kappa shape index (κ2) is 6.32. The second-order valence-electron chi connectivity index (χ2n) is 5.64. The maximum absolute atomic E-state index is 12.5. The van der Waals surface area contributed by atoms with E-state index in [0.29, 0.717) is 12.1 Å². The summed E-state index contributed by atoms with van der Waals surface area (Å²) in [6.45, 7) is 1.89. The number of amides is 1. The molecule has 0 saturated carbocycles. The maximum atomic E-state index is 12.5. The fourth-order valence-electron chi connectivity index (χ4n) is 2.93. The summed E-state index contributed by atoms with van der Waals surface area (Å²) >= 11 is 0. The number of aliphatic hydroxyl groups excluding tert-OH is 1. The second-order valence-corrected chi connectivity index (χ2v) is 5.64. The number of rotatable bonds is 5. The zero-order chi connectivity index (χ0) is 15.5. The van der Waals surface area contributed by atoms with Crippen molar-refractivity contribution >= 4 is 5.91 Å². The molecule has 116 valence electrons. The van der Waals surface area contributed by atoms with Crippen molar-refractivity contribution in [3.8, 4) is 5.69 Å². The molecule has 1 aliphatic rings. The lowest BCUT2D eigenvalue weighted by molar-refractivity contribution is 0.0908. The molecule has 1 aromatic heterocycles. The summed E-state index contributed by atoms with van der Waals surface area (Å²) in [5.74, 6) is -0.186. The van der Waals surface area contributed by atoms with Crippen LogP contribution >= 0.6 is 0 Å². The molecule has 0 fully saturated rings. The smallest absolute Gasteiger partial charge is 0.272 e. The molecule has 0 aliphatic heterocycles. The van der Waals surface area contributed by atoms with Crippen LogP contribution in [0.5, 0.6) is 0 Å². The van der Waals surface area contributed by atoms with Gasteiger partial charge in [0.05, 0.1) is 18.3 Å². The molecule has 3 rings (SSSR count). The highest BCUT2D eigenvalue weighted by Gasteiger charge is 2.27. The third-order valence-corrected chi connectivity index (χ3v) is 4.19. The van der Waals surface area contributed by atoms with E-state index in [1.807, 2.05) is 41.9 Å². The number of aromatic nitrogens is 2. The van der Waals surface area contributed by atoms with Crippen molar-refractivity contribution in [3.63, 3.8) is 0 Å². The van der Waals surface area contributed by atoms with E-state index < -0.39 is 0 Å². The number of benzene rings is 1. The average Bonchev–Trinajstić information content (AvgIpc) is 3.15. The fraction of sp³-hybridized carbons (Fsp3) is 0.412. The van der Waals surface area contributed by atoms with Crippen molar-refractivity contribution in [3.05, 3.63) is 47.3 Å². The van der Waals surface area contributed by atoms with E-state index in [4.69, 9.17) is 0 Å². The third-order valence-electron chi connectivity index (χ3n) is 4.19. The van der Waals surface area contributed by atoms with Crippen molar-refractivity contribution in [1.29, 1.82) is 0 Å². The number of carbonyl (C=O) groups excluding carboxylic acids is 1. The van der Waals surface area contributed by atoms with Gasteiger partial charge >= 0.3 is 0 Å². The van der Waals surface area contributed by atoms with Crippen LogP contribution in [0.1, 0.15) is 41.5 Å². The van der Waals surface area contributed by atoms with E-state index in [1.54, 1.807) is 0 Å². The molecule has 1 heterocycles. The third kappa shape index (κ3) is 2.64. The lowest BCUT2D eigenvalue weighted by Crippen LogP contribution is -2.37. The van der Waals surface area contributed by atoms with Gasteiger partial charge in [0.15, 0.2) is 5.69 Å². The summed E-state index contributed by atoms with van der Waals surface area (Å²) in [5.41, 5.74) is 3.67. The fourth-order valence-corrected chi connectivity index (χ4v) is 2.93. The van der Waals surface area contributed by atoms with Gasteiger partial charge in [0.2, 0.25) is 0 Å². The quantitative estimate of drug-likeness (QED) is 0.885. The normalized spacial score (nSPS) is 14.6. The van der Waals surface area contributed by atoms with Crippen molar-refractivity contribution < 1.29 is 9.90 Å². The van der Waals surface area contributed by atoms with Gasteiger partial charge in [-0.25, -0.2) is 4.68 Å². The predicted molar refractivity (Wildman–Crippen MR) is 84.2 cm³/mol. The number of aliphatic hydroxyl groups is 1. The molecule has 1 aromatic carbocycles. The molecule has 22 heavy (non-hydrogen) atoms. The molecule has 2 N–H and O–H groups in total. The molecular weight excluding hydrogens is 278 g/mol. The number of hydrogen-bond acceptors (Lipinski definition) is 3. The first-order valence-corrected chi connectivity index (χ1v) is 7.82. The average molecular weight is 299 g/mol. The van der Waals surface area contributed by atoms with Gasteiger partial charge in [-0.1, -0.05) is 25.1 Å². The minimum atomic E-state index is -0.216. The Morgan fingerprint density at radius 1 is 1.36 bits per heavy atom. The van der Waals surface area contributed by atoms with Crippen LogP contribution in [0, 0.1) is 0 Å². The molecule has 0 radical (unpaired) electrons. The monoisotopic (exact) mass is 299 g/mol. The number of fused-ring (bicyclic) bond motifs is 1. The Morgan fingerprint density at radius 3 is 2.82 bits per heavy atom. The van der Waals surface area contributed by atoms with Gasteiger partial charge in [-0.05, 0) is 37.8 Å². The Labute approximate surface area is 130 Å². The molecule has 0 spiro atoms. The largest absolute Gasteiger partial charge is 0.394 e. The predicted octanol–water partition coefficient (Wildman–Crippen LogP) is 1.86. The number of carbonyl (C=O) groups is 1. The zero-order valence-corrected chi connectivity index (χ0v) is 12.7. The molecule has 2 aromatic rings. The van der Waals surface area contributed by atoms with Gasteiger partial charge in [0.25, 0.3) is 5.91 Å². The van der Waals surface area contributed by atoms with Gasteiger partial charge in [-0.2, -0.15) is 5.10 Å². The minimum Gasteiger partial charge on any atom is -0.394 e. The van der Waals surface area contributed by atoms with E-state index in [1.165, 1.54) is 0 Å². The molecule has 5 nitrogen and oxygen atoms in total. The lowest BCUT2D eigenvalue weighted by atomic mass is 10.1. The summed E-state index contributed by atoms with van der Waals surface area (Å²) in [6.07, 6.45) is 3.59. The summed E-state index contributed by atoms with van der Waals surface area (Å²) in [7, 11) is 0. The summed E-state index contributed by atoms with van der Waals surface area (Å²) in [4.78, 5) is 12.5. The first kappa shape index (κ1) is 14.8. The Hall–Kier alpha value is -2.14. The molecule has 1 atom stereocenters. The molecule has 1 aliphatic carbocycles. The molecular formula is C17H21N3O2. The standard InChI is InChI=1S/C17H21N3O2/c1-2-12(11-21)18-17(22)16-14-9-6-10-15(14)20(19-16)13-7-4-3-5-8-13/h3-5,7-8,12,21H,2,6,9-11H2,1H3,(H,18,22). The van der Waals surface area contributed by atoms with E-state index in [0.717, 1.165) is 36.2 Å². The minimum absolute atomic E-state index is 0.0518. The van der Waals surface area contributed by atoms with Crippen molar-refractivity contribution in [2.24, 2.45) is 0 Å². The molecule has 1 unspecified atom stereocenters. The van der Waals surface area contributed by atoms with E-state index in [9.17, 15) is 9.90 Å². The SMILES string of the molecule is CCC(CO)NC(=O)c1nn(-c2ccccc2)c2c1CCC2. The van der Waals surface area contributed by atoms with E-state index >= 15 is 0 Å². The van der Waals surface area contributed by atoms with E-state index in [-0.39, 0.29) is 18.6 Å². The highest BCUT2D eigenvalue weighted by Crippen LogP contribution is 2.27. The molecule has 0 saturated heterocycles. The van der Waals surface area contributed by atoms with Crippen molar-refractivity contribution in [2.45, 2.75) is 38.6 Å². The van der Waals surface area contributed by atoms with Crippen molar-refractivity contribution in [2.75, 3.05) is 6.61 Å². The van der Waals surface area contributed by atoms with Crippen LogP contribution in [0.3, 0.4) is 0 Å². The summed E-state index contributed by atoms with van der Waals surface area (Å²) in [6, 6.07) is 9.68. The van der Waals surface area contributed by atoms with Gasteiger partial charge in [0, 0.05) is 11.3 Å². The number of hydrogen-bond donors (Lipinski definition) is 2. The highest BCUT2D eigenvalue weighted by molar-refractivity contribution is 5.94. The molecule has 1 amide bonds. The van der Waals surface area contributed by atoms with Crippen LogP contribution in [0.25, 0.3) is 5.69 Å². The number of para-hydroxylation sites is 1. The van der Waals surface area contributed by atoms with Crippen LogP contribution in [0.15, 0.2) is 30.3 Å². The topological polar surface area (TPSA) is 67.2 Å². The Kier molecular flexibility index (Phi) is 4.24. The summed E-state index contributed by atoms with van der Waals surface area (Å²) < 4.78 is 1.89.